The van der Waals surface area contributed by atoms with Crippen LogP contribution >= 0.6 is 22.7 Å². The van der Waals surface area contributed by atoms with Gasteiger partial charge in [-0.3, -0.25) is 14.5 Å². The number of benzene rings is 1. The number of carbonyl (C=O) groups excluding carboxylic acids is 2. The zero-order valence-corrected chi connectivity index (χ0v) is 19.4. The van der Waals surface area contributed by atoms with E-state index in [1.54, 1.807) is 27.9 Å². The van der Waals surface area contributed by atoms with E-state index < -0.39 is 17.6 Å². The quantitative estimate of drug-likeness (QED) is 0.553. The van der Waals surface area contributed by atoms with E-state index in [-0.39, 0.29) is 22.2 Å². The second-order valence-electron chi connectivity index (χ2n) is 8.37. The number of piperazine rings is 1. The molecule has 4 heterocycles. The summed E-state index contributed by atoms with van der Waals surface area (Å²) in [6.45, 7) is 5.06. The first-order valence-electron chi connectivity index (χ1n) is 10.5. The fourth-order valence-electron chi connectivity index (χ4n) is 4.40. The largest absolute Gasteiger partial charge is 0.418 e. The number of thiazole rings is 1. The molecule has 2 amide bonds. The molecule has 6 nitrogen and oxygen atoms in total. The minimum atomic E-state index is -4.59. The van der Waals surface area contributed by atoms with Gasteiger partial charge in [0.1, 0.15) is 10.6 Å². The maximum Gasteiger partial charge on any atom is 0.418 e. The van der Waals surface area contributed by atoms with Gasteiger partial charge in [-0.1, -0.05) is 12.1 Å². The van der Waals surface area contributed by atoms with Crippen LogP contribution in [-0.2, 0) is 6.18 Å². The van der Waals surface area contributed by atoms with Crippen LogP contribution in [0.25, 0.3) is 10.1 Å². The first kappa shape index (κ1) is 22.3. The Morgan fingerprint density at radius 2 is 1.79 bits per heavy atom. The van der Waals surface area contributed by atoms with Crippen LogP contribution in [0.15, 0.2) is 29.1 Å². The lowest BCUT2D eigenvalue weighted by Gasteiger charge is -2.48. The van der Waals surface area contributed by atoms with Crippen LogP contribution in [0.3, 0.4) is 0 Å². The molecule has 2 aliphatic heterocycles. The SMILES string of the molecule is Cc1ccc2c(C(F)(F)F)c(C(=O)N3CC(N4CCN(C(=O)c5cscn5)CC4)C3)sc2c1. The maximum absolute atomic E-state index is 13.8. The number of nitrogens with zero attached hydrogens (tertiary/aromatic N) is 4. The van der Waals surface area contributed by atoms with Gasteiger partial charge in [0.05, 0.1) is 11.1 Å². The molecule has 0 radical (unpaired) electrons. The molecule has 0 bridgehead atoms. The molecule has 0 spiro atoms. The fourth-order valence-corrected chi connectivity index (χ4v) is 6.22. The van der Waals surface area contributed by atoms with Gasteiger partial charge in [0.25, 0.3) is 11.8 Å². The molecule has 0 atom stereocenters. The first-order chi connectivity index (χ1) is 15.7. The molecular weight excluding hydrogens is 473 g/mol. The van der Waals surface area contributed by atoms with E-state index in [9.17, 15) is 22.8 Å². The van der Waals surface area contributed by atoms with E-state index in [1.807, 2.05) is 6.92 Å². The lowest BCUT2D eigenvalue weighted by Crippen LogP contribution is -2.64. The number of carbonyl (C=O) groups is 2. The van der Waals surface area contributed by atoms with E-state index in [1.165, 1.54) is 22.3 Å². The van der Waals surface area contributed by atoms with Crippen molar-refractivity contribution in [2.24, 2.45) is 0 Å². The smallest absolute Gasteiger partial charge is 0.335 e. The number of aromatic nitrogens is 1. The van der Waals surface area contributed by atoms with Crippen molar-refractivity contribution in [3.8, 4) is 0 Å². The minimum Gasteiger partial charge on any atom is -0.335 e. The van der Waals surface area contributed by atoms with Gasteiger partial charge in [-0.2, -0.15) is 13.2 Å². The van der Waals surface area contributed by atoms with Crippen LogP contribution in [0.1, 0.15) is 31.3 Å². The predicted octanol–water partition coefficient (Wildman–Crippen LogP) is 3.97. The van der Waals surface area contributed by atoms with Crippen LogP contribution in [0.2, 0.25) is 0 Å². The van der Waals surface area contributed by atoms with Gasteiger partial charge < -0.3 is 9.80 Å². The van der Waals surface area contributed by atoms with Crippen molar-refractivity contribution in [2.75, 3.05) is 39.3 Å². The third kappa shape index (κ3) is 4.13. The fraction of sp³-hybridized carbons (Fsp3) is 0.409. The van der Waals surface area contributed by atoms with Gasteiger partial charge >= 0.3 is 6.18 Å². The normalized spacial score (nSPS) is 18.1. The molecule has 2 aromatic heterocycles. The van der Waals surface area contributed by atoms with E-state index >= 15 is 0 Å². The number of aryl methyl sites for hydroxylation is 1. The van der Waals surface area contributed by atoms with Crippen molar-refractivity contribution < 1.29 is 22.8 Å². The highest BCUT2D eigenvalue weighted by Gasteiger charge is 2.43. The monoisotopic (exact) mass is 494 g/mol. The summed E-state index contributed by atoms with van der Waals surface area (Å²) in [4.78, 5) is 34.7. The molecule has 0 aliphatic carbocycles. The Bertz CT molecular complexity index is 1190. The molecule has 2 aliphatic rings. The van der Waals surface area contributed by atoms with Crippen molar-refractivity contribution >= 4 is 44.6 Å². The van der Waals surface area contributed by atoms with Crippen LogP contribution in [-0.4, -0.2) is 76.8 Å². The number of thiophene rings is 1. The molecule has 33 heavy (non-hydrogen) atoms. The van der Waals surface area contributed by atoms with Gasteiger partial charge in [0.2, 0.25) is 0 Å². The first-order valence-corrected chi connectivity index (χ1v) is 12.3. The summed E-state index contributed by atoms with van der Waals surface area (Å²) >= 11 is 2.29. The molecule has 11 heteroatoms. The molecule has 1 aromatic carbocycles. The van der Waals surface area contributed by atoms with Gasteiger partial charge in [0, 0.05) is 60.8 Å². The number of hydrogen-bond donors (Lipinski definition) is 0. The zero-order valence-electron chi connectivity index (χ0n) is 17.8. The van der Waals surface area contributed by atoms with E-state index in [0.717, 1.165) is 16.9 Å². The summed E-state index contributed by atoms with van der Waals surface area (Å²) in [6, 6.07) is 4.87. The summed E-state index contributed by atoms with van der Waals surface area (Å²) in [5.41, 5.74) is 2.11. The topological polar surface area (TPSA) is 56.8 Å². The summed E-state index contributed by atoms with van der Waals surface area (Å²) in [6.07, 6.45) is -4.59. The van der Waals surface area contributed by atoms with E-state index in [0.29, 0.717) is 49.7 Å². The molecule has 2 fully saturated rings. The highest BCUT2D eigenvalue weighted by atomic mass is 32.1. The van der Waals surface area contributed by atoms with E-state index in [4.69, 9.17) is 0 Å². The molecule has 2 saturated heterocycles. The lowest BCUT2D eigenvalue weighted by atomic mass is 10.0. The molecule has 5 rings (SSSR count). The Balaban J connectivity index is 1.24. The number of amides is 2. The highest BCUT2D eigenvalue weighted by Crippen LogP contribution is 2.43. The predicted molar refractivity (Wildman–Crippen MR) is 121 cm³/mol. The summed E-state index contributed by atoms with van der Waals surface area (Å²) in [5, 5.41) is 1.81. The third-order valence-corrected chi connectivity index (χ3v) is 7.97. The summed E-state index contributed by atoms with van der Waals surface area (Å²) < 4.78 is 41.9. The zero-order chi connectivity index (χ0) is 23.3. The number of rotatable bonds is 3. The van der Waals surface area contributed by atoms with Gasteiger partial charge in [-0.05, 0) is 18.6 Å². The van der Waals surface area contributed by atoms with Crippen molar-refractivity contribution in [3.05, 3.63) is 50.8 Å². The molecule has 174 valence electrons. The molecule has 0 unspecified atom stereocenters. The Morgan fingerprint density at radius 1 is 1.06 bits per heavy atom. The Hall–Kier alpha value is -2.50. The summed E-state index contributed by atoms with van der Waals surface area (Å²) in [5.74, 6) is -0.643. The Kier molecular flexibility index (Phi) is 5.66. The van der Waals surface area contributed by atoms with Crippen LogP contribution < -0.4 is 0 Å². The van der Waals surface area contributed by atoms with E-state index in [2.05, 4.69) is 9.88 Å². The Labute approximate surface area is 196 Å². The van der Waals surface area contributed by atoms with Crippen LogP contribution in [0.5, 0.6) is 0 Å². The Morgan fingerprint density at radius 3 is 2.42 bits per heavy atom. The van der Waals surface area contributed by atoms with Crippen molar-refractivity contribution in [1.29, 1.82) is 0 Å². The van der Waals surface area contributed by atoms with Gasteiger partial charge in [-0.15, -0.1) is 22.7 Å². The standard InChI is InChI=1S/C22H21F3N4O2S2/c1-13-2-3-15-17(8-13)33-19(18(15)22(23,24)25)21(31)29-9-14(10-29)27-4-6-28(7-5-27)20(30)16-11-32-12-26-16/h2-3,8,11-12,14H,4-7,9-10H2,1H3. The third-order valence-electron chi connectivity index (χ3n) is 6.24. The number of alkyl halides is 3. The second kappa shape index (κ2) is 8.37. The highest BCUT2D eigenvalue weighted by molar-refractivity contribution is 7.21. The maximum atomic E-state index is 13.8. The molecular formula is C22H21F3N4O2S2. The second-order valence-corrected chi connectivity index (χ2v) is 10.1. The van der Waals surface area contributed by atoms with Crippen LogP contribution in [0, 0.1) is 6.92 Å². The van der Waals surface area contributed by atoms with Crippen molar-refractivity contribution in [1.82, 2.24) is 19.7 Å². The number of likely N-dealkylation sites (tertiary alicyclic amines) is 1. The van der Waals surface area contributed by atoms with Crippen LogP contribution in [0.4, 0.5) is 13.2 Å². The molecule has 0 saturated carbocycles. The number of hydrogen-bond acceptors (Lipinski definition) is 6. The van der Waals surface area contributed by atoms with Crippen molar-refractivity contribution in [2.45, 2.75) is 19.1 Å². The number of fused-ring (bicyclic) bond motifs is 1. The lowest BCUT2D eigenvalue weighted by molar-refractivity contribution is -0.136. The molecule has 0 N–H and O–H groups in total. The average molecular weight is 495 g/mol. The van der Waals surface area contributed by atoms with Gasteiger partial charge in [0.15, 0.2) is 0 Å². The number of halogens is 3. The summed E-state index contributed by atoms with van der Waals surface area (Å²) in [7, 11) is 0. The average Bonchev–Trinajstić information content (AvgIpc) is 3.40. The van der Waals surface area contributed by atoms with Gasteiger partial charge in [-0.25, -0.2) is 4.98 Å². The van der Waals surface area contributed by atoms with Crippen molar-refractivity contribution in [3.63, 3.8) is 0 Å². The minimum absolute atomic E-state index is 0.0824. The molecule has 3 aromatic rings.